The molecule has 2 rings (SSSR count). The molecule has 1 aromatic carbocycles. The highest BCUT2D eigenvalue weighted by molar-refractivity contribution is 7.89. The van der Waals surface area contributed by atoms with E-state index in [2.05, 4.69) is 5.32 Å². The SMILES string of the molecule is CNC(=O)c1cccc(S(=O)(=O)N2CC(C)OC(C)C2)c1. The van der Waals surface area contributed by atoms with Gasteiger partial charge in [0.25, 0.3) is 5.91 Å². The maximum atomic E-state index is 12.7. The number of nitrogens with zero attached hydrogens (tertiary/aromatic N) is 1. The largest absolute Gasteiger partial charge is 0.373 e. The molecule has 0 spiro atoms. The van der Waals surface area contributed by atoms with Gasteiger partial charge in [-0.1, -0.05) is 6.07 Å². The fourth-order valence-electron chi connectivity index (χ4n) is 2.42. The van der Waals surface area contributed by atoms with Gasteiger partial charge in [0.05, 0.1) is 17.1 Å². The van der Waals surface area contributed by atoms with Crippen molar-refractivity contribution < 1.29 is 17.9 Å². The maximum Gasteiger partial charge on any atom is 0.251 e. The summed E-state index contributed by atoms with van der Waals surface area (Å²) in [4.78, 5) is 11.8. The average molecular weight is 312 g/mol. The van der Waals surface area contributed by atoms with Crippen molar-refractivity contribution in [3.05, 3.63) is 29.8 Å². The van der Waals surface area contributed by atoms with Crippen molar-refractivity contribution in [3.63, 3.8) is 0 Å². The number of rotatable bonds is 3. The van der Waals surface area contributed by atoms with Crippen molar-refractivity contribution in [1.82, 2.24) is 9.62 Å². The Morgan fingerprint density at radius 1 is 1.29 bits per heavy atom. The van der Waals surface area contributed by atoms with Gasteiger partial charge in [-0.05, 0) is 32.0 Å². The van der Waals surface area contributed by atoms with Crippen molar-refractivity contribution in [2.75, 3.05) is 20.1 Å². The molecule has 21 heavy (non-hydrogen) atoms. The number of carbonyl (C=O) groups excluding carboxylic acids is 1. The average Bonchev–Trinajstić information content (AvgIpc) is 2.45. The molecule has 2 unspecified atom stereocenters. The molecule has 1 amide bonds. The third-order valence-electron chi connectivity index (χ3n) is 3.35. The van der Waals surface area contributed by atoms with E-state index in [9.17, 15) is 13.2 Å². The molecule has 1 saturated heterocycles. The molecule has 2 atom stereocenters. The number of carbonyl (C=O) groups is 1. The summed E-state index contributed by atoms with van der Waals surface area (Å²) in [6.45, 7) is 4.33. The minimum absolute atomic E-state index is 0.130. The molecular formula is C14H20N2O4S. The van der Waals surface area contributed by atoms with E-state index < -0.39 is 10.0 Å². The zero-order chi connectivity index (χ0) is 15.6. The first-order chi connectivity index (χ1) is 9.84. The van der Waals surface area contributed by atoms with E-state index >= 15 is 0 Å². The van der Waals surface area contributed by atoms with Crippen molar-refractivity contribution >= 4 is 15.9 Å². The third kappa shape index (κ3) is 3.42. The Balaban J connectivity index is 2.33. The van der Waals surface area contributed by atoms with Crippen LogP contribution in [0.2, 0.25) is 0 Å². The highest BCUT2D eigenvalue weighted by Crippen LogP contribution is 2.21. The van der Waals surface area contributed by atoms with Gasteiger partial charge >= 0.3 is 0 Å². The van der Waals surface area contributed by atoms with E-state index in [-0.39, 0.29) is 23.0 Å². The lowest BCUT2D eigenvalue weighted by molar-refractivity contribution is -0.0440. The first kappa shape index (κ1) is 15.9. The molecule has 0 saturated carbocycles. The van der Waals surface area contributed by atoms with Crippen LogP contribution in [0.4, 0.5) is 0 Å². The van der Waals surface area contributed by atoms with Crippen LogP contribution in [-0.4, -0.2) is 51.0 Å². The van der Waals surface area contributed by atoms with Gasteiger partial charge in [0, 0.05) is 25.7 Å². The molecule has 1 aliphatic heterocycles. The molecule has 1 N–H and O–H groups in total. The second kappa shape index (κ2) is 6.13. The lowest BCUT2D eigenvalue weighted by Gasteiger charge is -2.34. The molecule has 0 radical (unpaired) electrons. The number of nitrogens with one attached hydrogen (secondary N) is 1. The molecule has 7 heteroatoms. The smallest absolute Gasteiger partial charge is 0.251 e. The number of morpholine rings is 1. The molecule has 0 aromatic heterocycles. The van der Waals surface area contributed by atoms with Crippen LogP contribution in [0.15, 0.2) is 29.2 Å². The number of benzene rings is 1. The topological polar surface area (TPSA) is 75.7 Å². The van der Waals surface area contributed by atoms with Gasteiger partial charge in [-0.15, -0.1) is 0 Å². The Labute approximate surface area is 125 Å². The van der Waals surface area contributed by atoms with Crippen molar-refractivity contribution in [3.8, 4) is 0 Å². The summed E-state index contributed by atoms with van der Waals surface area (Å²) in [5.74, 6) is -0.309. The summed E-state index contributed by atoms with van der Waals surface area (Å²) in [6.07, 6.45) is -0.295. The lowest BCUT2D eigenvalue weighted by atomic mass is 10.2. The van der Waals surface area contributed by atoms with Crippen LogP contribution >= 0.6 is 0 Å². The van der Waals surface area contributed by atoms with E-state index in [4.69, 9.17) is 4.74 Å². The van der Waals surface area contributed by atoms with Crippen molar-refractivity contribution in [2.24, 2.45) is 0 Å². The number of ether oxygens (including phenoxy) is 1. The Bertz CT molecular complexity index is 620. The maximum absolute atomic E-state index is 12.7. The molecule has 1 heterocycles. The highest BCUT2D eigenvalue weighted by Gasteiger charge is 2.32. The molecule has 0 aliphatic carbocycles. The Kier molecular flexibility index (Phi) is 4.65. The summed E-state index contributed by atoms with van der Waals surface area (Å²) in [5.41, 5.74) is 0.327. The second-order valence-electron chi connectivity index (χ2n) is 5.19. The Morgan fingerprint density at radius 3 is 2.48 bits per heavy atom. The summed E-state index contributed by atoms with van der Waals surface area (Å²) in [7, 11) is -2.11. The number of sulfonamides is 1. The fourth-order valence-corrected chi connectivity index (χ4v) is 4.06. The first-order valence-electron chi connectivity index (χ1n) is 6.82. The van der Waals surface area contributed by atoms with E-state index in [1.165, 1.54) is 23.5 Å². The van der Waals surface area contributed by atoms with Gasteiger partial charge < -0.3 is 10.1 Å². The van der Waals surface area contributed by atoms with Gasteiger partial charge in [-0.3, -0.25) is 4.79 Å². The molecule has 6 nitrogen and oxygen atoms in total. The van der Waals surface area contributed by atoms with Gasteiger partial charge in [-0.25, -0.2) is 8.42 Å². The van der Waals surface area contributed by atoms with E-state index in [0.717, 1.165) is 0 Å². The normalized spacial score (nSPS) is 23.8. The van der Waals surface area contributed by atoms with Crippen LogP contribution in [0.5, 0.6) is 0 Å². The van der Waals surface area contributed by atoms with Gasteiger partial charge in [0.15, 0.2) is 0 Å². The Morgan fingerprint density at radius 2 is 1.90 bits per heavy atom. The zero-order valence-corrected chi connectivity index (χ0v) is 13.2. The number of amides is 1. The van der Waals surface area contributed by atoms with Crippen molar-refractivity contribution in [2.45, 2.75) is 31.0 Å². The minimum atomic E-state index is -3.62. The minimum Gasteiger partial charge on any atom is -0.373 e. The molecule has 1 fully saturated rings. The van der Waals surface area contributed by atoms with Gasteiger partial charge in [0.1, 0.15) is 0 Å². The highest BCUT2D eigenvalue weighted by atomic mass is 32.2. The summed E-state index contributed by atoms with van der Waals surface area (Å²) in [5, 5.41) is 2.49. The van der Waals surface area contributed by atoms with Crippen LogP contribution in [-0.2, 0) is 14.8 Å². The molecule has 0 bridgehead atoms. The van der Waals surface area contributed by atoms with Crippen LogP contribution in [0.1, 0.15) is 24.2 Å². The quantitative estimate of drug-likeness (QED) is 0.897. The molecular weight excluding hydrogens is 292 g/mol. The third-order valence-corrected chi connectivity index (χ3v) is 5.17. The predicted molar refractivity (Wildman–Crippen MR) is 78.6 cm³/mol. The van der Waals surface area contributed by atoms with Crippen LogP contribution in [0.25, 0.3) is 0 Å². The summed E-state index contributed by atoms with van der Waals surface area (Å²) >= 11 is 0. The van der Waals surface area contributed by atoms with E-state index in [1.54, 1.807) is 12.1 Å². The lowest BCUT2D eigenvalue weighted by Crippen LogP contribution is -2.48. The number of hydrogen-bond donors (Lipinski definition) is 1. The molecule has 116 valence electrons. The van der Waals surface area contributed by atoms with Crippen LogP contribution < -0.4 is 5.32 Å². The van der Waals surface area contributed by atoms with E-state index in [1.807, 2.05) is 13.8 Å². The second-order valence-corrected chi connectivity index (χ2v) is 7.12. The molecule has 1 aliphatic rings. The predicted octanol–water partition coefficient (Wildman–Crippen LogP) is 0.844. The van der Waals surface area contributed by atoms with Crippen molar-refractivity contribution in [1.29, 1.82) is 0 Å². The van der Waals surface area contributed by atoms with Gasteiger partial charge in [0.2, 0.25) is 10.0 Å². The fraction of sp³-hybridized carbons (Fsp3) is 0.500. The Hall–Kier alpha value is -1.44. The van der Waals surface area contributed by atoms with Crippen LogP contribution in [0, 0.1) is 0 Å². The molecule has 1 aromatic rings. The van der Waals surface area contributed by atoms with E-state index in [0.29, 0.717) is 18.7 Å². The zero-order valence-electron chi connectivity index (χ0n) is 12.4. The standard InChI is InChI=1S/C14H20N2O4S/c1-10-8-16(9-11(2)20-10)21(18,19)13-6-4-5-12(7-13)14(17)15-3/h4-7,10-11H,8-9H2,1-3H3,(H,15,17). The first-order valence-corrected chi connectivity index (χ1v) is 8.26. The van der Waals surface area contributed by atoms with Gasteiger partial charge in [-0.2, -0.15) is 4.31 Å². The van der Waals surface area contributed by atoms with Crippen LogP contribution in [0.3, 0.4) is 0 Å². The summed E-state index contributed by atoms with van der Waals surface area (Å²) < 4.78 is 32.3. The monoisotopic (exact) mass is 312 g/mol. The number of hydrogen-bond acceptors (Lipinski definition) is 4. The summed E-state index contributed by atoms with van der Waals surface area (Å²) in [6, 6.07) is 6.07.